The lowest BCUT2D eigenvalue weighted by molar-refractivity contribution is -0.136. The molecule has 0 aliphatic rings. The van der Waals surface area contributed by atoms with Crippen LogP contribution in [0.15, 0.2) is 16.3 Å². The van der Waals surface area contributed by atoms with E-state index >= 15 is 0 Å². The van der Waals surface area contributed by atoms with Gasteiger partial charge >= 0.3 is 5.97 Å². The summed E-state index contributed by atoms with van der Waals surface area (Å²) in [6, 6.07) is 2.99. The summed E-state index contributed by atoms with van der Waals surface area (Å²) in [5.41, 5.74) is 0. The molecule has 1 aromatic rings. The van der Waals surface area contributed by atoms with Crippen LogP contribution in [0.1, 0.15) is 25.6 Å². The highest BCUT2D eigenvalue weighted by atomic mass is 32.2. The number of hydrogen-bond donors (Lipinski definition) is 2. The van der Waals surface area contributed by atoms with Crippen molar-refractivity contribution < 1.29 is 18.3 Å². The first-order chi connectivity index (χ1) is 8.72. The van der Waals surface area contributed by atoms with Crippen LogP contribution in [0, 0.1) is 11.8 Å². The van der Waals surface area contributed by atoms with Gasteiger partial charge in [-0.25, -0.2) is 13.1 Å². The average molecular weight is 305 g/mol. The number of carboxylic acid groups (broad SMARTS) is 1. The van der Waals surface area contributed by atoms with Crippen LogP contribution in [-0.2, 0) is 21.2 Å². The molecule has 19 heavy (non-hydrogen) atoms. The molecule has 0 saturated carbocycles. The predicted octanol–water partition coefficient (Wildman–Crippen LogP) is 1.95. The van der Waals surface area contributed by atoms with Crippen molar-refractivity contribution in [2.45, 2.75) is 31.4 Å². The van der Waals surface area contributed by atoms with E-state index in [0.29, 0.717) is 17.3 Å². The van der Waals surface area contributed by atoms with E-state index in [-0.39, 0.29) is 16.5 Å². The second-order valence-corrected chi connectivity index (χ2v) is 8.03. The Morgan fingerprint density at radius 2 is 2.00 bits per heavy atom. The second-order valence-electron chi connectivity index (χ2n) is 4.86. The fourth-order valence-corrected chi connectivity index (χ4v) is 3.83. The van der Waals surface area contributed by atoms with Gasteiger partial charge in [-0.3, -0.25) is 4.79 Å². The lowest BCUT2D eigenvalue weighted by Gasteiger charge is -2.15. The summed E-state index contributed by atoms with van der Waals surface area (Å²) in [6.07, 6.45) is -0.150. The zero-order valence-corrected chi connectivity index (χ0v) is 12.8. The van der Waals surface area contributed by atoms with E-state index in [1.807, 2.05) is 20.8 Å². The van der Waals surface area contributed by atoms with Crippen LogP contribution < -0.4 is 4.72 Å². The van der Waals surface area contributed by atoms with Gasteiger partial charge in [0.05, 0.1) is 6.42 Å². The molecule has 0 radical (unpaired) electrons. The van der Waals surface area contributed by atoms with Crippen molar-refractivity contribution in [1.82, 2.24) is 4.72 Å². The summed E-state index contributed by atoms with van der Waals surface area (Å²) >= 11 is 0.997. The van der Waals surface area contributed by atoms with Crippen molar-refractivity contribution in [2.75, 3.05) is 6.54 Å². The van der Waals surface area contributed by atoms with Gasteiger partial charge in [0.1, 0.15) is 4.21 Å². The topological polar surface area (TPSA) is 83.5 Å². The Kier molecular flexibility index (Phi) is 5.51. The molecule has 2 N–H and O–H groups in total. The van der Waals surface area contributed by atoms with E-state index in [2.05, 4.69) is 4.72 Å². The van der Waals surface area contributed by atoms with Crippen LogP contribution in [0.25, 0.3) is 0 Å². The molecule has 0 spiro atoms. The lowest BCUT2D eigenvalue weighted by atomic mass is 9.99. The third-order valence-electron chi connectivity index (χ3n) is 2.96. The van der Waals surface area contributed by atoms with Gasteiger partial charge in [-0.05, 0) is 24.0 Å². The van der Waals surface area contributed by atoms with E-state index in [4.69, 9.17) is 5.11 Å². The van der Waals surface area contributed by atoms with Crippen LogP contribution in [0.4, 0.5) is 0 Å². The van der Waals surface area contributed by atoms with Crippen LogP contribution in [0.3, 0.4) is 0 Å². The maximum absolute atomic E-state index is 12.0. The number of sulfonamides is 1. The maximum Gasteiger partial charge on any atom is 0.308 e. The Hall–Kier alpha value is -0.920. The fourth-order valence-electron chi connectivity index (χ4n) is 1.29. The Balaban J connectivity index is 2.72. The van der Waals surface area contributed by atoms with Crippen LogP contribution in [0.2, 0.25) is 0 Å². The Labute approximate surface area is 117 Å². The second kappa shape index (κ2) is 6.49. The molecular weight excluding hydrogens is 286 g/mol. The molecule has 0 aliphatic carbocycles. The summed E-state index contributed by atoms with van der Waals surface area (Å²) in [6.45, 7) is 6.44. The zero-order chi connectivity index (χ0) is 14.6. The molecule has 0 amide bonds. The SMILES string of the molecule is CC(C)C(C)CNS(=O)(=O)c1ccc(CC(=O)O)s1. The Morgan fingerprint density at radius 3 is 2.53 bits per heavy atom. The largest absolute Gasteiger partial charge is 0.481 e. The van der Waals surface area contributed by atoms with Gasteiger partial charge in [0.25, 0.3) is 0 Å². The number of carbonyl (C=O) groups is 1. The molecule has 0 aromatic carbocycles. The minimum Gasteiger partial charge on any atom is -0.481 e. The van der Waals surface area contributed by atoms with Crippen LogP contribution in [0.5, 0.6) is 0 Å². The average Bonchev–Trinajstić information content (AvgIpc) is 2.74. The number of rotatable bonds is 7. The number of nitrogens with one attached hydrogen (secondary N) is 1. The molecule has 1 atom stereocenters. The van der Waals surface area contributed by atoms with E-state index in [1.54, 1.807) is 6.07 Å². The Morgan fingerprint density at radius 1 is 1.37 bits per heavy atom. The minimum absolute atomic E-state index is 0.150. The van der Waals surface area contributed by atoms with Crippen LogP contribution in [-0.4, -0.2) is 26.0 Å². The van der Waals surface area contributed by atoms with E-state index in [9.17, 15) is 13.2 Å². The highest BCUT2D eigenvalue weighted by Crippen LogP contribution is 2.22. The van der Waals surface area contributed by atoms with Gasteiger partial charge in [0, 0.05) is 11.4 Å². The molecule has 0 saturated heterocycles. The molecule has 1 heterocycles. The third kappa shape index (κ3) is 4.93. The summed E-state index contributed by atoms with van der Waals surface area (Å²) in [4.78, 5) is 11.1. The molecule has 0 bridgehead atoms. The zero-order valence-electron chi connectivity index (χ0n) is 11.2. The molecule has 1 rings (SSSR count). The van der Waals surface area contributed by atoms with Gasteiger partial charge in [-0.1, -0.05) is 20.8 Å². The summed E-state index contributed by atoms with van der Waals surface area (Å²) < 4.78 is 26.7. The standard InChI is InChI=1S/C12H19NO4S2/c1-8(2)9(3)7-13-19(16,17)12-5-4-10(18-12)6-11(14)15/h4-5,8-9,13H,6-7H2,1-3H3,(H,14,15). The molecule has 5 nitrogen and oxygen atoms in total. The van der Waals surface area contributed by atoms with E-state index < -0.39 is 16.0 Å². The highest BCUT2D eigenvalue weighted by Gasteiger charge is 2.19. The van der Waals surface area contributed by atoms with Crippen molar-refractivity contribution >= 4 is 27.3 Å². The van der Waals surface area contributed by atoms with Gasteiger partial charge < -0.3 is 5.11 Å². The van der Waals surface area contributed by atoms with Gasteiger partial charge in [0.2, 0.25) is 10.0 Å². The van der Waals surface area contributed by atoms with Gasteiger partial charge in [-0.2, -0.15) is 0 Å². The summed E-state index contributed by atoms with van der Waals surface area (Å²) in [5.74, 6) is -0.325. The first kappa shape index (κ1) is 16.1. The smallest absolute Gasteiger partial charge is 0.308 e. The fraction of sp³-hybridized carbons (Fsp3) is 0.583. The van der Waals surface area contributed by atoms with Gasteiger partial charge in [-0.15, -0.1) is 11.3 Å². The molecule has 0 fully saturated rings. The molecule has 108 valence electrons. The van der Waals surface area contributed by atoms with Crippen molar-refractivity contribution in [2.24, 2.45) is 11.8 Å². The first-order valence-corrected chi connectivity index (χ1v) is 8.32. The normalized spacial score (nSPS) is 13.7. The van der Waals surface area contributed by atoms with Crippen molar-refractivity contribution in [3.8, 4) is 0 Å². The number of aliphatic carboxylic acids is 1. The molecule has 0 aliphatic heterocycles. The van der Waals surface area contributed by atoms with Crippen LogP contribution >= 0.6 is 11.3 Å². The van der Waals surface area contributed by atoms with Crippen molar-refractivity contribution in [3.63, 3.8) is 0 Å². The predicted molar refractivity (Wildman–Crippen MR) is 74.8 cm³/mol. The molecule has 1 aromatic heterocycles. The summed E-state index contributed by atoms with van der Waals surface area (Å²) in [7, 11) is -3.53. The minimum atomic E-state index is -3.53. The quantitative estimate of drug-likeness (QED) is 0.806. The lowest BCUT2D eigenvalue weighted by Crippen LogP contribution is -2.29. The Bertz CT molecular complexity index is 534. The van der Waals surface area contributed by atoms with Crippen molar-refractivity contribution in [3.05, 3.63) is 17.0 Å². The van der Waals surface area contributed by atoms with Crippen molar-refractivity contribution in [1.29, 1.82) is 0 Å². The number of hydrogen-bond acceptors (Lipinski definition) is 4. The maximum atomic E-state index is 12.0. The number of carboxylic acids is 1. The highest BCUT2D eigenvalue weighted by molar-refractivity contribution is 7.91. The number of thiophene rings is 1. The molecule has 7 heteroatoms. The van der Waals surface area contributed by atoms with Gasteiger partial charge in [0.15, 0.2) is 0 Å². The van der Waals surface area contributed by atoms with E-state index in [0.717, 1.165) is 11.3 Å². The third-order valence-corrected chi connectivity index (χ3v) is 5.96. The first-order valence-electron chi connectivity index (χ1n) is 6.02. The molecule has 1 unspecified atom stereocenters. The van der Waals surface area contributed by atoms with E-state index in [1.165, 1.54) is 6.07 Å². The monoisotopic (exact) mass is 305 g/mol. The molecular formula is C12H19NO4S2. The summed E-state index contributed by atoms with van der Waals surface area (Å²) in [5, 5.41) is 8.66.